The standard InChI is InChI=1S/C14H21N5/c1-12(2)9-13-10-16-14(17-11-13)19-7-5-18(4-3-15)6-8-19/h10-12H,4-9H2,1-2H3. The van der Waals surface area contributed by atoms with Crippen LogP contribution in [0.5, 0.6) is 0 Å². The van der Waals surface area contributed by atoms with Crippen LogP contribution in [0.25, 0.3) is 0 Å². The Bertz CT molecular complexity index is 426. The Hall–Kier alpha value is -1.67. The lowest BCUT2D eigenvalue weighted by molar-refractivity contribution is 0.285. The van der Waals surface area contributed by atoms with Gasteiger partial charge < -0.3 is 4.90 Å². The molecule has 0 bridgehead atoms. The van der Waals surface area contributed by atoms with Crippen LogP contribution in [0.1, 0.15) is 19.4 Å². The molecule has 1 aromatic heterocycles. The van der Waals surface area contributed by atoms with Crippen molar-refractivity contribution in [1.82, 2.24) is 14.9 Å². The molecule has 0 atom stereocenters. The topological polar surface area (TPSA) is 56.1 Å². The molecule has 2 rings (SSSR count). The molecule has 0 aliphatic carbocycles. The average molecular weight is 259 g/mol. The van der Waals surface area contributed by atoms with Gasteiger partial charge in [-0.25, -0.2) is 9.97 Å². The van der Waals surface area contributed by atoms with E-state index in [2.05, 4.69) is 39.7 Å². The SMILES string of the molecule is CC(C)Cc1cnc(N2CCN(CC#N)CC2)nc1. The van der Waals surface area contributed by atoms with Crippen LogP contribution in [0.3, 0.4) is 0 Å². The third kappa shape index (κ3) is 3.90. The maximum atomic E-state index is 8.67. The molecule has 5 heteroatoms. The second kappa shape index (κ2) is 6.48. The minimum atomic E-state index is 0.516. The van der Waals surface area contributed by atoms with Crippen LogP contribution in [-0.2, 0) is 6.42 Å². The summed E-state index contributed by atoms with van der Waals surface area (Å²) in [4.78, 5) is 13.3. The number of anilines is 1. The smallest absolute Gasteiger partial charge is 0.225 e. The molecule has 0 unspecified atom stereocenters. The van der Waals surface area contributed by atoms with Crippen molar-refractivity contribution >= 4 is 5.95 Å². The summed E-state index contributed by atoms with van der Waals surface area (Å²) in [5.74, 6) is 1.44. The fourth-order valence-electron chi connectivity index (χ4n) is 2.29. The summed E-state index contributed by atoms with van der Waals surface area (Å²) >= 11 is 0. The Morgan fingerprint density at radius 2 is 1.84 bits per heavy atom. The van der Waals surface area contributed by atoms with Crippen molar-refractivity contribution in [2.24, 2.45) is 5.92 Å². The Morgan fingerprint density at radius 1 is 1.21 bits per heavy atom. The summed E-state index contributed by atoms with van der Waals surface area (Å²) in [6.07, 6.45) is 4.89. The molecule has 0 amide bonds. The van der Waals surface area contributed by atoms with Crippen molar-refractivity contribution in [2.75, 3.05) is 37.6 Å². The van der Waals surface area contributed by atoms with Crippen LogP contribution in [0.4, 0.5) is 5.95 Å². The summed E-state index contributed by atoms with van der Waals surface area (Å²) < 4.78 is 0. The predicted octanol–water partition coefficient (Wildman–Crippen LogP) is 1.32. The molecule has 1 aliphatic rings. The molecule has 1 aromatic rings. The monoisotopic (exact) mass is 259 g/mol. The zero-order valence-corrected chi connectivity index (χ0v) is 11.7. The van der Waals surface area contributed by atoms with Gasteiger partial charge in [-0.3, -0.25) is 4.90 Å². The van der Waals surface area contributed by atoms with Crippen LogP contribution in [0, 0.1) is 17.2 Å². The Labute approximate surface area is 114 Å². The Morgan fingerprint density at radius 3 is 2.37 bits per heavy atom. The third-order valence-electron chi connectivity index (χ3n) is 3.29. The van der Waals surface area contributed by atoms with Gasteiger partial charge in [0.05, 0.1) is 12.6 Å². The molecule has 0 spiro atoms. The van der Waals surface area contributed by atoms with Crippen LogP contribution in [0.2, 0.25) is 0 Å². The first-order chi connectivity index (χ1) is 9.19. The molecule has 1 saturated heterocycles. The summed E-state index contributed by atoms with van der Waals surface area (Å²) in [7, 11) is 0. The normalized spacial score (nSPS) is 16.6. The first-order valence-corrected chi connectivity index (χ1v) is 6.84. The van der Waals surface area contributed by atoms with E-state index in [0.29, 0.717) is 12.5 Å². The van der Waals surface area contributed by atoms with E-state index in [-0.39, 0.29) is 0 Å². The molecule has 2 heterocycles. The zero-order valence-electron chi connectivity index (χ0n) is 11.7. The number of hydrogen-bond donors (Lipinski definition) is 0. The maximum absolute atomic E-state index is 8.67. The van der Waals surface area contributed by atoms with Crippen LogP contribution >= 0.6 is 0 Å². The molecule has 1 aliphatic heterocycles. The third-order valence-corrected chi connectivity index (χ3v) is 3.29. The van der Waals surface area contributed by atoms with E-state index in [1.807, 2.05) is 12.4 Å². The van der Waals surface area contributed by atoms with Gasteiger partial charge in [0.2, 0.25) is 5.95 Å². The van der Waals surface area contributed by atoms with E-state index in [0.717, 1.165) is 38.5 Å². The molecule has 0 N–H and O–H groups in total. The Balaban J connectivity index is 1.91. The van der Waals surface area contributed by atoms with Crippen LogP contribution in [0.15, 0.2) is 12.4 Å². The molecule has 19 heavy (non-hydrogen) atoms. The van der Waals surface area contributed by atoms with Crippen LogP contribution < -0.4 is 4.90 Å². The quantitative estimate of drug-likeness (QED) is 0.763. The number of rotatable bonds is 4. The minimum Gasteiger partial charge on any atom is -0.338 e. The second-order valence-electron chi connectivity index (χ2n) is 5.41. The predicted molar refractivity (Wildman–Crippen MR) is 74.8 cm³/mol. The molecule has 0 aromatic carbocycles. The molecule has 1 fully saturated rings. The van der Waals surface area contributed by atoms with Gasteiger partial charge >= 0.3 is 0 Å². The van der Waals surface area contributed by atoms with Crippen molar-refractivity contribution in [3.05, 3.63) is 18.0 Å². The Kier molecular flexibility index (Phi) is 4.69. The molecular formula is C14H21N5. The lowest BCUT2D eigenvalue weighted by Crippen LogP contribution is -2.47. The van der Waals surface area contributed by atoms with E-state index >= 15 is 0 Å². The fraction of sp³-hybridized carbons (Fsp3) is 0.643. The van der Waals surface area contributed by atoms with Crippen LogP contribution in [-0.4, -0.2) is 47.6 Å². The van der Waals surface area contributed by atoms with E-state index in [9.17, 15) is 0 Å². The van der Waals surface area contributed by atoms with E-state index in [4.69, 9.17) is 5.26 Å². The van der Waals surface area contributed by atoms with E-state index in [1.54, 1.807) is 0 Å². The van der Waals surface area contributed by atoms with Gasteiger partial charge in [-0.1, -0.05) is 13.8 Å². The highest BCUT2D eigenvalue weighted by Gasteiger charge is 2.18. The molecule has 5 nitrogen and oxygen atoms in total. The van der Waals surface area contributed by atoms with Gasteiger partial charge in [-0.05, 0) is 17.9 Å². The van der Waals surface area contributed by atoms with Gasteiger partial charge in [0.1, 0.15) is 0 Å². The summed E-state index contributed by atoms with van der Waals surface area (Å²) in [5, 5.41) is 8.67. The summed E-state index contributed by atoms with van der Waals surface area (Å²) in [6, 6.07) is 2.19. The summed E-state index contributed by atoms with van der Waals surface area (Å²) in [6.45, 7) is 8.51. The van der Waals surface area contributed by atoms with Gasteiger partial charge in [-0.2, -0.15) is 5.26 Å². The maximum Gasteiger partial charge on any atom is 0.225 e. The van der Waals surface area contributed by atoms with E-state index < -0.39 is 0 Å². The van der Waals surface area contributed by atoms with Gasteiger partial charge in [0, 0.05) is 38.6 Å². The van der Waals surface area contributed by atoms with Crippen molar-refractivity contribution in [1.29, 1.82) is 5.26 Å². The largest absolute Gasteiger partial charge is 0.338 e. The fourth-order valence-corrected chi connectivity index (χ4v) is 2.29. The van der Waals surface area contributed by atoms with Gasteiger partial charge in [0.25, 0.3) is 0 Å². The van der Waals surface area contributed by atoms with Gasteiger partial charge in [-0.15, -0.1) is 0 Å². The molecule has 0 radical (unpaired) electrons. The highest BCUT2D eigenvalue weighted by Crippen LogP contribution is 2.12. The first-order valence-electron chi connectivity index (χ1n) is 6.84. The number of nitriles is 1. The molecular weight excluding hydrogens is 238 g/mol. The molecule has 102 valence electrons. The summed E-state index contributed by atoms with van der Waals surface area (Å²) in [5.41, 5.74) is 1.20. The minimum absolute atomic E-state index is 0.516. The highest BCUT2D eigenvalue weighted by atomic mass is 15.3. The lowest BCUT2D eigenvalue weighted by atomic mass is 10.1. The highest BCUT2D eigenvalue weighted by molar-refractivity contribution is 5.30. The molecule has 0 saturated carbocycles. The zero-order chi connectivity index (χ0) is 13.7. The van der Waals surface area contributed by atoms with Crippen molar-refractivity contribution in [3.8, 4) is 6.07 Å². The van der Waals surface area contributed by atoms with Crippen molar-refractivity contribution in [2.45, 2.75) is 20.3 Å². The second-order valence-corrected chi connectivity index (χ2v) is 5.41. The number of nitrogens with zero attached hydrogens (tertiary/aromatic N) is 5. The number of aromatic nitrogens is 2. The van der Waals surface area contributed by atoms with Crippen molar-refractivity contribution < 1.29 is 0 Å². The first kappa shape index (κ1) is 13.8. The number of piperazine rings is 1. The van der Waals surface area contributed by atoms with Crippen molar-refractivity contribution in [3.63, 3.8) is 0 Å². The average Bonchev–Trinajstić information content (AvgIpc) is 2.40. The van der Waals surface area contributed by atoms with Gasteiger partial charge in [0.15, 0.2) is 0 Å². The van der Waals surface area contributed by atoms with E-state index in [1.165, 1.54) is 5.56 Å². The lowest BCUT2D eigenvalue weighted by Gasteiger charge is -2.33. The number of hydrogen-bond acceptors (Lipinski definition) is 5.